The number of nitrogen functional groups attached to an aromatic ring is 1. The van der Waals surface area contributed by atoms with Crippen LogP contribution in [0.2, 0.25) is 0 Å². The van der Waals surface area contributed by atoms with Crippen molar-refractivity contribution < 1.29 is 4.79 Å². The molecule has 0 spiro atoms. The molecule has 2 heterocycles. The average Bonchev–Trinajstić information content (AvgIpc) is 2.98. The van der Waals surface area contributed by atoms with Crippen LogP contribution in [0, 0.1) is 0 Å². The molecule has 1 aromatic carbocycles. The van der Waals surface area contributed by atoms with Gasteiger partial charge in [-0.3, -0.25) is 4.79 Å². The minimum absolute atomic E-state index is 0.0725. The number of amides is 1. The Bertz CT molecular complexity index is 567. The molecule has 3 rings (SSSR count). The Morgan fingerprint density at radius 3 is 3.12 bits per heavy atom. The topological polar surface area (TPSA) is 72.1 Å². The van der Waals surface area contributed by atoms with Gasteiger partial charge in [-0.2, -0.15) is 0 Å². The van der Waals surface area contributed by atoms with Crippen molar-refractivity contribution in [3.63, 3.8) is 0 Å². The molecular weight excluding hydrogens is 236 g/mol. The Balaban J connectivity index is 2.02. The predicted molar refractivity (Wildman–Crippen MR) is 66.1 cm³/mol. The van der Waals surface area contributed by atoms with Crippen molar-refractivity contribution in [3.8, 4) is 0 Å². The van der Waals surface area contributed by atoms with Gasteiger partial charge in [-0.25, -0.2) is 0 Å². The summed E-state index contributed by atoms with van der Waals surface area (Å²) in [7, 11) is 0. The summed E-state index contributed by atoms with van der Waals surface area (Å²) >= 11 is 1.11. The highest BCUT2D eigenvalue weighted by molar-refractivity contribution is 7.07. The van der Waals surface area contributed by atoms with Crippen LogP contribution < -0.4 is 10.6 Å². The van der Waals surface area contributed by atoms with Crippen LogP contribution in [0.3, 0.4) is 0 Å². The van der Waals surface area contributed by atoms with E-state index in [-0.39, 0.29) is 5.91 Å². The molecule has 86 valence electrons. The van der Waals surface area contributed by atoms with E-state index in [9.17, 15) is 4.79 Å². The van der Waals surface area contributed by atoms with Gasteiger partial charge in [0.2, 0.25) is 0 Å². The minimum Gasteiger partial charge on any atom is -0.397 e. The van der Waals surface area contributed by atoms with Crippen LogP contribution in [0.25, 0.3) is 0 Å². The monoisotopic (exact) mass is 246 g/mol. The van der Waals surface area contributed by atoms with Crippen molar-refractivity contribution in [1.29, 1.82) is 0 Å². The molecule has 0 atom stereocenters. The predicted octanol–water partition coefficient (Wildman–Crippen LogP) is 1.32. The number of nitrogens with two attached hydrogens (primary N) is 1. The largest absolute Gasteiger partial charge is 0.397 e. The summed E-state index contributed by atoms with van der Waals surface area (Å²) < 4.78 is 3.71. The van der Waals surface area contributed by atoms with Crippen molar-refractivity contribution in [2.45, 2.75) is 6.42 Å². The van der Waals surface area contributed by atoms with E-state index in [1.54, 1.807) is 4.90 Å². The molecule has 0 fully saturated rings. The maximum Gasteiger partial charge on any atom is 0.271 e. The van der Waals surface area contributed by atoms with Crippen LogP contribution in [-0.2, 0) is 6.42 Å². The minimum atomic E-state index is -0.0725. The smallest absolute Gasteiger partial charge is 0.271 e. The summed E-state index contributed by atoms with van der Waals surface area (Å²) in [6.07, 6.45) is 2.34. The lowest BCUT2D eigenvalue weighted by atomic mass is 10.1. The van der Waals surface area contributed by atoms with E-state index in [2.05, 4.69) is 9.59 Å². The number of aromatic nitrogens is 2. The van der Waals surface area contributed by atoms with Gasteiger partial charge in [0.05, 0.1) is 17.6 Å². The molecule has 2 N–H and O–H groups in total. The van der Waals surface area contributed by atoms with Crippen LogP contribution in [0.4, 0.5) is 11.4 Å². The van der Waals surface area contributed by atoms with E-state index in [1.165, 1.54) is 6.20 Å². The van der Waals surface area contributed by atoms with Crippen LogP contribution in [0.15, 0.2) is 24.4 Å². The van der Waals surface area contributed by atoms with Crippen LogP contribution in [-0.4, -0.2) is 22.0 Å². The summed E-state index contributed by atoms with van der Waals surface area (Å²) in [4.78, 5) is 14.5. The molecule has 1 aromatic heterocycles. The first-order valence-corrected chi connectivity index (χ1v) is 6.01. The number of fused-ring (bicyclic) bond motifs is 1. The first-order valence-electron chi connectivity index (χ1n) is 5.24. The summed E-state index contributed by atoms with van der Waals surface area (Å²) in [5.74, 6) is -0.0725. The number of benzene rings is 1. The average molecular weight is 246 g/mol. The Morgan fingerprint density at radius 2 is 2.35 bits per heavy atom. The fraction of sp³-hybridized carbons (Fsp3) is 0.182. The number of rotatable bonds is 1. The highest BCUT2D eigenvalue weighted by Crippen LogP contribution is 2.34. The third-order valence-corrected chi connectivity index (χ3v) is 3.50. The van der Waals surface area contributed by atoms with Gasteiger partial charge in [-0.15, -0.1) is 5.10 Å². The zero-order chi connectivity index (χ0) is 11.8. The van der Waals surface area contributed by atoms with Gasteiger partial charge >= 0.3 is 0 Å². The van der Waals surface area contributed by atoms with Gasteiger partial charge in [0.1, 0.15) is 4.88 Å². The van der Waals surface area contributed by atoms with Gasteiger partial charge in [-0.1, -0.05) is 16.6 Å². The highest BCUT2D eigenvalue weighted by Gasteiger charge is 2.28. The van der Waals surface area contributed by atoms with Crippen LogP contribution >= 0.6 is 11.5 Å². The molecule has 1 aliphatic heterocycles. The van der Waals surface area contributed by atoms with Gasteiger partial charge in [0, 0.05) is 6.54 Å². The number of anilines is 2. The molecule has 1 aliphatic rings. The Morgan fingerprint density at radius 1 is 1.47 bits per heavy atom. The van der Waals surface area contributed by atoms with Crippen molar-refractivity contribution >= 4 is 28.8 Å². The van der Waals surface area contributed by atoms with E-state index in [4.69, 9.17) is 5.73 Å². The highest BCUT2D eigenvalue weighted by atomic mass is 32.1. The number of carbonyl (C=O) groups excluding carboxylic acids is 1. The molecule has 0 saturated carbocycles. The second kappa shape index (κ2) is 3.81. The number of para-hydroxylation sites is 1. The third-order valence-electron chi connectivity index (χ3n) is 2.84. The molecule has 1 amide bonds. The van der Waals surface area contributed by atoms with Gasteiger partial charge < -0.3 is 10.6 Å². The molecule has 0 unspecified atom stereocenters. The molecule has 6 heteroatoms. The van der Waals surface area contributed by atoms with Crippen molar-refractivity contribution in [2.75, 3.05) is 17.2 Å². The SMILES string of the molecule is Nc1cccc2c1N(C(=O)c1cnns1)CC2. The maximum absolute atomic E-state index is 12.2. The van der Waals surface area contributed by atoms with Crippen molar-refractivity contribution in [2.24, 2.45) is 0 Å². The number of nitrogens with zero attached hydrogens (tertiary/aromatic N) is 3. The summed E-state index contributed by atoms with van der Waals surface area (Å²) in [5, 5.41) is 3.68. The molecule has 0 saturated heterocycles. The number of hydrogen-bond acceptors (Lipinski definition) is 5. The molecular formula is C11H10N4OS. The molecule has 0 bridgehead atoms. The van der Waals surface area contributed by atoms with E-state index >= 15 is 0 Å². The van der Waals surface area contributed by atoms with E-state index in [0.29, 0.717) is 17.1 Å². The normalized spacial score (nSPS) is 13.8. The lowest BCUT2D eigenvalue weighted by Gasteiger charge is -2.17. The van der Waals surface area contributed by atoms with Crippen molar-refractivity contribution in [3.05, 3.63) is 34.8 Å². The lowest BCUT2D eigenvalue weighted by molar-refractivity contribution is 0.0993. The fourth-order valence-electron chi connectivity index (χ4n) is 2.08. The first kappa shape index (κ1) is 10.2. The molecule has 17 heavy (non-hydrogen) atoms. The molecule has 0 radical (unpaired) electrons. The third kappa shape index (κ3) is 1.57. The van der Waals surface area contributed by atoms with E-state index in [1.807, 2.05) is 18.2 Å². The quantitative estimate of drug-likeness (QED) is 0.770. The van der Waals surface area contributed by atoms with Gasteiger partial charge in [0.15, 0.2) is 0 Å². The standard InChI is InChI=1S/C11H10N4OS/c12-8-3-1-2-7-4-5-15(10(7)8)11(16)9-6-13-14-17-9/h1-3,6H,4-5,12H2. The fourth-order valence-corrected chi connectivity index (χ4v) is 2.55. The van der Waals surface area contributed by atoms with Gasteiger partial charge in [-0.05, 0) is 29.6 Å². The first-order chi connectivity index (χ1) is 8.27. The zero-order valence-electron chi connectivity index (χ0n) is 8.96. The van der Waals surface area contributed by atoms with E-state index in [0.717, 1.165) is 29.2 Å². The Hall–Kier alpha value is -1.95. The molecule has 0 aliphatic carbocycles. The van der Waals surface area contributed by atoms with Crippen LogP contribution in [0.1, 0.15) is 15.2 Å². The summed E-state index contributed by atoms with van der Waals surface area (Å²) in [6.45, 7) is 0.667. The van der Waals surface area contributed by atoms with Gasteiger partial charge in [0.25, 0.3) is 5.91 Å². The number of hydrogen-bond donors (Lipinski definition) is 1. The maximum atomic E-state index is 12.2. The lowest BCUT2D eigenvalue weighted by Crippen LogP contribution is -2.28. The van der Waals surface area contributed by atoms with Crippen LogP contribution in [0.5, 0.6) is 0 Å². The zero-order valence-corrected chi connectivity index (χ0v) is 9.78. The van der Waals surface area contributed by atoms with Crippen molar-refractivity contribution in [1.82, 2.24) is 9.59 Å². The molecule has 5 nitrogen and oxygen atoms in total. The second-order valence-corrected chi connectivity index (χ2v) is 4.63. The Labute approximate surface area is 102 Å². The summed E-state index contributed by atoms with van der Waals surface area (Å²) in [5.41, 5.74) is 8.54. The summed E-state index contributed by atoms with van der Waals surface area (Å²) in [6, 6.07) is 5.73. The molecule has 2 aromatic rings. The number of carbonyl (C=O) groups is 1. The van der Waals surface area contributed by atoms with E-state index < -0.39 is 0 Å². The Kier molecular flexibility index (Phi) is 2.29. The second-order valence-electron chi connectivity index (χ2n) is 3.84.